The number of nitrogens with two attached hydrogens (primary N) is 1. The molecule has 1 saturated carbocycles. The van der Waals surface area contributed by atoms with Gasteiger partial charge >= 0.3 is 0 Å². The summed E-state index contributed by atoms with van der Waals surface area (Å²) >= 11 is 4.93. The van der Waals surface area contributed by atoms with Crippen LogP contribution in [0.3, 0.4) is 0 Å². The average molecular weight is 298 g/mol. The van der Waals surface area contributed by atoms with Gasteiger partial charge in [-0.05, 0) is 37.5 Å². The van der Waals surface area contributed by atoms with Crippen LogP contribution in [0.2, 0.25) is 0 Å². The molecule has 0 radical (unpaired) electrons. The molecule has 1 aromatic rings. The number of aryl methyl sites for hydroxylation is 1. The van der Waals surface area contributed by atoms with Gasteiger partial charge in [-0.2, -0.15) is 4.31 Å². The van der Waals surface area contributed by atoms with Crippen molar-refractivity contribution in [3.05, 3.63) is 29.3 Å². The van der Waals surface area contributed by atoms with Crippen LogP contribution < -0.4 is 5.73 Å². The monoisotopic (exact) mass is 298 g/mol. The Morgan fingerprint density at radius 1 is 1.42 bits per heavy atom. The largest absolute Gasteiger partial charge is 0.389 e. The van der Waals surface area contributed by atoms with Gasteiger partial charge in [0.25, 0.3) is 0 Å². The molecule has 2 N–H and O–H groups in total. The van der Waals surface area contributed by atoms with Crippen LogP contribution >= 0.6 is 12.2 Å². The smallest absolute Gasteiger partial charge is 0.243 e. The van der Waals surface area contributed by atoms with Gasteiger partial charge in [0.1, 0.15) is 4.99 Å². The molecule has 1 aliphatic rings. The molecule has 0 aromatic heterocycles. The molecule has 1 aliphatic carbocycles. The molecular formula is C13H18N2O2S2. The van der Waals surface area contributed by atoms with Crippen molar-refractivity contribution in [2.45, 2.75) is 37.1 Å². The van der Waals surface area contributed by atoms with Crippen LogP contribution in [-0.4, -0.2) is 30.8 Å². The van der Waals surface area contributed by atoms with E-state index in [0.717, 1.165) is 30.4 Å². The highest BCUT2D eigenvalue weighted by Gasteiger charge is 2.31. The summed E-state index contributed by atoms with van der Waals surface area (Å²) in [6.45, 7) is 1.82. The number of sulfonamides is 1. The van der Waals surface area contributed by atoms with E-state index in [0.29, 0.717) is 4.90 Å². The van der Waals surface area contributed by atoms with Crippen LogP contribution in [0, 0.1) is 6.92 Å². The highest BCUT2D eigenvalue weighted by Crippen LogP contribution is 2.29. The van der Waals surface area contributed by atoms with Gasteiger partial charge in [0.05, 0.1) is 4.90 Å². The maximum atomic E-state index is 12.5. The number of thiocarbonyl (C=S) groups is 1. The Labute approximate surface area is 119 Å². The first-order valence-electron chi connectivity index (χ1n) is 6.22. The van der Waals surface area contributed by atoms with Gasteiger partial charge in [0, 0.05) is 18.7 Å². The van der Waals surface area contributed by atoms with E-state index >= 15 is 0 Å². The van der Waals surface area contributed by atoms with Crippen molar-refractivity contribution in [3.8, 4) is 0 Å². The molecule has 0 aliphatic heterocycles. The third-order valence-electron chi connectivity index (χ3n) is 3.73. The van der Waals surface area contributed by atoms with Crippen molar-refractivity contribution in [2.24, 2.45) is 5.73 Å². The minimum absolute atomic E-state index is 0.139. The Bertz CT molecular complexity index is 607. The lowest BCUT2D eigenvalue weighted by atomic mass is 9.94. The number of rotatable bonds is 4. The summed E-state index contributed by atoms with van der Waals surface area (Å²) in [4.78, 5) is 0.591. The number of hydrogen-bond acceptors (Lipinski definition) is 3. The molecule has 0 unspecified atom stereocenters. The van der Waals surface area contributed by atoms with E-state index in [9.17, 15) is 8.42 Å². The SMILES string of the molecule is Cc1cc(S(=O)(=O)N(C)C2CCC2)ccc1C(N)=S. The highest BCUT2D eigenvalue weighted by atomic mass is 32.2. The maximum absolute atomic E-state index is 12.5. The van der Waals surface area contributed by atoms with Crippen LogP contribution in [0.4, 0.5) is 0 Å². The van der Waals surface area contributed by atoms with Gasteiger partial charge in [-0.25, -0.2) is 8.42 Å². The summed E-state index contributed by atoms with van der Waals surface area (Å²) < 4.78 is 26.4. The lowest BCUT2D eigenvalue weighted by Gasteiger charge is -2.33. The zero-order valence-electron chi connectivity index (χ0n) is 11.1. The quantitative estimate of drug-likeness (QED) is 0.861. The second-order valence-corrected chi connectivity index (χ2v) is 7.38. The molecule has 0 saturated heterocycles. The molecule has 19 heavy (non-hydrogen) atoms. The summed E-state index contributed by atoms with van der Waals surface area (Å²) in [6, 6.07) is 5.03. The molecule has 2 rings (SSSR count). The molecule has 0 spiro atoms. The zero-order valence-corrected chi connectivity index (χ0v) is 12.7. The number of nitrogens with zero attached hydrogens (tertiary/aromatic N) is 1. The second kappa shape index (κ2) is 5.19. The maximum Gasteiger partial charge on any atom is 0.243 e. The molecule has 1 aromatic carbocycles. The standard InChI is InChI=1S/C13H18N2O2S2/c1-9-8-11(6-7-12(9)13(14)18)19(16,17)15(2)10-4-3-5-10/h6-8,10H,3-5H2,1-2H3,(H2,14,18). The number of benzene rings is 1. The van der Waals surface area contributed by atoms with E-state index in [2.05, 4.69) is 0 Å². The predicted molar refractivity (Wildman–Crippen MR) is 79.7 cm³/mol. The first-order chi connectivity index (χ1) is 8.84. The molecule has 0 atom stereocenters. The lowest BCUT2D eigenvalue weighted by Crippen LogP contribution is -2.41. The van der Waals surface area contributed by atoms with Crippen molar-refractivity contribution in [1.82, 2.24) is 4.31 Å². The predicted octanol–water partition coefficient (Wildman–Crippen LogP) is 1.80. The van der Waals surface area contributed by atoms with Gasteiger partial charge in [-0.1, -0.05) is 24.7 Å². The van der Waals surface area contributed by atoms with Crippen molar-refractivity contribution in [2.75, 3.05) is 7.05 Å². The van der Waals surface area contributed by atoms with Crippen LogP contribution in [0.1, 0.15) is 30.4 Å². The lowest BCUT2D eigenvalue weighted by molar-refractivity contribution is 0.249. The van der Waals surface area contributed by atoms with Crippen molar-refractivity contribution >= 4 is 27.2 Å². The van der Waals surface area contributed by atoms with E-state index in [1.54, 1.807) is 25.2 Å². The summed E-state index contributed by atoms with van der Waals surface area (Å²) in [5, 5.41) is 0. The van der Waals surface area contributed by atoms with Crippen LogP contribution in [0.15, 0.2) is 23.1 Å². The third kappa shape index (κ3) is 2.66. The molecule has 0 bridgehead atoms. The fourth-order valence-electron chi connectivity index (χ4n) is 2.19. The fraction of sp³-hybridized carbons (Fsp3) is 0.462. The Balaban J connectivity index is 2.35. The Hall–Kier alpha value is -0.980. The van der Waals surface area contributed by atoms with Crippen molar-refractivity contribution in [3.63, 3.8) is 0 Å². The molecule has 0 heterocycles. The second-order valence-electron chi connectivity index (χ2n) is 4.95. The van der Waals surface area contributed by atoms with E-state index in [-0.39, 0.29) is 11.0 Å². The molecule has 1 fully saturated rings. The van der Waals surface area contributed by atoms with Gasteiger partial charge in [-0.3, -0.25) is 0 Å². The summed E-state index contributed by atoms with van der Waals surface area (Å²) in [7, 11) is -1.77. The fourth-order valence-corrected chi connectivity index (χ4v) is 3.92. The molecule has 104 valence electrons. The normalized spacial score (nSPS) is 16.4. The minimum atomic E-state index is -3.41. The zero-order chi connectivity index (χ0) is 14.2. The Kier molecular flexibility index (Phi) is 3.94. The van der Waals surface area contributed by atoms with E-state index in [4.69, 9.17) is 18.0 Å². The van der Waals surface area contributed by atoms with E-state index in [1.165, 1.54) is 4.31 Å². The molecule has 0 amide bonds. The summed E-state index contributed by atoms with van der Waals surface area (Å²) in [5.74, 6) is 0. The minimum Gasteiger partial charge on any atom is -0.389 e. The van der Waals surface area contributed by atoms with Crippen LogP contribution in [0.25, 0.3) is 0 Å². The summed E-state index contributed by atoms with van der Waals surface area (Å²) in [5.41, 5.74) is 7.09. The molecular weight excluding hydrogens is 280 g/mol. The molecule has 6 heteroatoms. The first kappa shape index (κ1) is 14.4. The average Bonchev–Trinajstić information content (AvgIpc) is 2.25. The van der Waals surface area contributed by atoms with Gasteiger partial charge < -0.3 is 5.73 Å². The van der Waals surface area contributed by atoms with Gasteiger partial charge in [0.15, 0.2) is 0 Å². The van der Waals surface area contributed by atoms with E-state index < -0.39 is 10.0 Å². The van der Waals surface area contributed by atoms with Crippen LogP contribution in [0.5, 0.6) is 0 Å². The molecule has 4 nitrogen and oxygen atoms in total. The third-order valence-corrected chi connectivity index (χ3v) is 5.86. The topological polar surface area (TPSA) is 63.4 Å². The Morgan fingerprint density at radius 2 is 2.05 bits per heavy atom. The Morgan fingerprint density at radius 3 is 2.47 bits per heavy atom. The van der Waals surface area contributed by atoms with Crippen LogP contribution in [-0.2, 0) is 10.0 Å². The number of hydrogen-bond donors (Lipinski definition) is 1. The first-order valence-corrected chi connectivity index (χ1v) is 8.07. The van der Waals surface area contributed by atoms with Crippen molar-refractivity contribution < 1.29 is 8.42 Å². The summed E-state index contributed by atoms with van der Waals surface area (Å²) in [6.07, 6.45) is 2.99. The van der Waals surface area contributed by atoms with Gasteiger partial charge in [0.2, 0.25) is 10.0 Å². The van der Waals surface area contributed by atoms with Gasteiger partial charge in [-0.15, -0.1) is 0 Å². The van der Waals surface area contributed by atoms with Crippen molar-refractivity contribution in [1.29, 1.82) is 0 Å². The van der Waals surface area contributed by atoms with E-state index in [1.807, 2.05) is 6.92 Å². The highest BCUT2D eigenvalue weighted by molar-refractivity contribution is 7.89.